The van der Waals surface area contributed by atoms with E-state index in [1.54, 1.807) is 0 Å². The van der Waals surface area contributed by atoms with Crippen molar-refractivity contribution in [3.63, 3.8) is 0 Å². The second-order valence-electron chi connectivity index (χ2n) is 6.10. The van der Waals surface area contributed by atoms with Gasteiger partial charge in [0.2, 0.25) is 0 Å². The van der Waals surface area contributed by atoms with Crippen molar-refractivity contribution < 1.29 is 22.3 Å². The molecule has 0 bridgehead atoms. The van der Waals surface area contributed by atoms with Crippen LogP contribution in [0.1, 0.15) is 12.8 Å². The van der Waals surface area contributed by atoms with Crippen LogP contribution in [-0.4, -0.2) is 67.5 Å². The lowest BCUT2D eigenvalue weighted by atomic mass is 9.98. The smallest absolute Gasteiger partial charge is 0.281 e. The molecule has 2 aliphatic rings. The molecule has 0 aliphatic carbocycles. The van der Waals surface area contributed by atoms with Crippen LogP contribution in [0.2, 0.25) is 0 Å². The van der Waals surface area contributed by atoms with Crippen LogP contribution in [0, 0.1) is 5.82 Å². The molecule has 7 nitrogen and oxygen atoms in total. The molecular formula is C14H20FN3O4S. The van der Waals surface area contributed by atoms with Crippen LogP contribution >= 0.6 is 0 Å². The van der Waals surface area contributed by atoms with E-state index >= 15 is 0 Å². The molecule has 9 heteroatoms. The molecule has 2 saturated heterocycles. The van der Waals surface area contributed by atoms with Gasteiger partial charge >= 0.3 is 0 Å². The van der Waals surface area contributed by atoms with Crippen molar-refractivity contribution in [2.45, 2.75) is 24.5 Å². The van der Waals surface area contributed by atoms with Crippen LogP contribution in [0.3, 0.4) is 0 Å². The molecule has 0 aromatic carbocycles. The zero-order chi connectivity index (χ0) is 16.7. The highest BCUT2D eigenvalue weighted by atomic mass is 32.2. The van der Waals surface area contributed by atoms with E-state index in [1.807, 2.05) is 0 Å². The molecule has 0 unspecified atom stereocenters. The van der Waals surface area contributed by atoms with Gasteiger partial charge in [-0.1, -0.05) is 0 Å². The predicted octanol–water partition coefficient (Wildman–Crippen LogP) is 0.639. The van der Waals surface area contributed by atoms with E-state index in [0.29, 0.717) is 26.0 Å². The normalized spacial score (nSPS) is 28.8. The Hall–Kier alpha value is -1.29. The fourth-order valence-electron chi connectivity index (χ4n) is 3.01. The molecule has 128 valence electrons. The van der Waals surface area contributed by atoms with Crippen molar-refractivity contribution in [1.29, 1.82) is 0 Å². The van der Waals surface area contributed by atoms with Crippen molar-refractivity contribution in [3.05, 3.63) is 24.1 Å². The predicted molar refractivity (Wildman–Crippen MR) is 80.7 cm³/mol. The van der Waals surface area contributed by atoms with E-state index in [1.165, 1.54) is 41.0 Å². The quantitative estimate of drug-likeness (QED) is 0.801. The van der Waals surface area contributed by atoms with Crippen LogP contribution in [-0.2, 0) is 14.9 Å². The molecular weight excluding hydrogens is 325 g/mol. The van der Waals surface area contributed by atoms with Crippen LogP contribution in [0.15, 0.2) is 18.3 Å². The molecule has 2 fully saturated rings. The van der Waals surface area contributed by atoms with Crippen molar-refractivity contribution in [1.82, 2.24) is 13.6 Å². The number of halogens is 1. The number of ether oxygens (including phenoxy) is 2. The summed E-state index contributed by atoms with van der Waals surface area (Å²) in [7, 11) is -0.439. The Morgan fingerprint density at radius 1 is 1.52 bits per heavy atom. The maximum Gasteiger partial charge on any atom is 0.281 e. The third-order valence-corrected chi connectivity index (χ3v) is 6.13. The van der Waals surface area contributed by atoms with Gasteiger partial charge in [0.25, 0.3) is 16.1 Å². The first kappa shape index (κ1) is 16.6. The fraction of sp³-hybridized carbons (Fsp3) is 0.643. The van der Waals surface area contributed by atoms with Crippen molar-refractivity contribution in [3.8, 4) is 5.88 Å². The third-order valence-electron chi connectivity index (χ3n) is 4.25. The largest absolute Gasteiger partial charge is 0.470 e. The molecule has 2 atom stereocenters. The molecule has 0 saturated carbocycles. The minimum atomic E-state index is -3.45. The Morgan fingerprint density at radius 2 is 2.30 bits per heavy atom. The van der Waals surface area contributed by atoms with Crippen LogP contribution in [0.5, 0.6) is 5.88 Å². The summed E-state index contributed by atoms with van der Waals surface area (Å²) >= 11 is 0. The molecule has 0 amide bonds. The van der Waals surface area contributed by atoms with E-state index in [2.05, 4.69) is 4.98 Å². The van der Waals surface area contributed by atoms with Crippen LogP contribution in [0.4, 0.5) is 4.39 Å². The molecule has 0 N–H and O–H groups in total. The van der Waals surface area contributed by atoms with Gasteiger partial charge in [-0.2, -0.15) is 17.0 Å². The summed E-state index contributed by atoms with van der Waals surface area (Å²) in [5.41, 5.74) is -0.557. The van der Waals surface area contributed by atoms with Gasteiger partial charge in [0.15, 0.2) is 5.82 Å². The van der Waals surface area contributed by atoms with Gasteiger partial charge in [0, 0.05) is 39.8 Å². The lowest BCUT2D eigenvalue weighted by molar-refractivity contribution is 0.0139. The molecule has 2 aliphatic heterocycles. The van der Waals surface area contributed by atoms with Gasteiger partial charge in [-0.25, -0.2) is 9.37 Å². The summed E-state index contributed by atoms with van der Waals surface area (Å²) in [6.45, 7) is 0.995. The highest BCUT2D eigenvalue weighted by Crippen LogP contribution is 2.37. The SMILES string of the molecule is CN(C)S(=O)(=O)N1CC[C@]2(C[C@H](Oc3ncccc3F)CO2)C1. The minimum absolute atomic E-state index is 0.0473. The number of hydrogen-bond donors (Lipinski definition) is 0. The minimum Gasteiger partial charge on any atom is -0.470 e. The Labute approximate surface area is 135 Å². The summed E-state index contributed by atoms with van der Waals surface area (Å²) in [5.74, 6) is -0.564. The van der Waals surface area contributed by atoms with Crippen molar-refractivity contribution in [2.75, 3.05) is 33.8 Å². The Balaban J connectivity index is 1.65. The van der Waals surface area contributed by atoms with Gasteiger partial charge in [-0.05, 0) is 18.6 Å². The van der Waals surface area contributed by atoms with E-state index in [9.17, 15) is 12.8 Å². The summed E-state index contributed by atoms with van der Waals surface area (Å²) in [5, 5.41) is 0. The standard InChI is InChI=1S/C14H20FN3O4S/c1-17(2)23(19,20)18-7-5-14(10-18)8-11(9-21-14)22-13-12(15)4-3-6-16-13/h3-4,6,11H,5,7-10H2,1-2H3/t11-,14-/m0/s1. The average molecular weight is 345 g/mol. The number of aromatic nitrogens is 1. The number of nitrogens with zero attached hydrogens (tertiary/aromatic N) is 3. The monoisotopic (exact) mass is 345 g/mol. The first-order valence-corrected chi connectivity index (χ1v) is 8.81. The molecule has 3 heterocycles. The van der Waals surface area contributed by atoms with Gasteiger partial charge in [-0.15, -0.1) is 0 Å². The summed E-state index contributed by atoms with van der Waals surface area (Å²) < 4.78 is 52.0. The molecule has 3 rings (SSSR count). The third kappa shape index (κ3) is 3.18. The van der Waals surface area contributed by atoms with Crippen molar-refractivity contribution in [2.24, 2.45) is 0 Å². The van der Waals surface area contributed by atoms with Gasteiger partial charge in [0.1, 0.15) is 6.10 Å². The Kier molecular flexibility index (Phi) is 4.30. The summed E-state index contributed by atoms with van der Waals surface area (Å²) in [6.07, 6.45) is 2.25. The first-order chi connectivity index (χ1) is 10.8. The summed E-state index contributed by atoms with van der Waals surface area (Å²) in [6, 6.07) is 2.78. The zero-order valence-corrected chi connectivity index (χ0v) is 13.9. The highest BCUT2D eigenvalue weighted by Gasteiger charge is 2.49. The molecule has 1 spiro atoms. The van der Waals surface area contributed by atoms with Crippen molar-refractivity contribution >= 4 is 10.2 Å². The van der Waals surface area contributed by atoms with E-state index in [-0.39, 0.29) is 18.5 Å². The van der Waals surface area contributed by atoms with Gasteiger partial charge in [-0.3, -0.25) is 0 Å². The highest BCUT2D eigenvalue weighted by molar-refractivity contribution is 7.86. The fourth-order valence-corrected chi connectivity index (χ4v) is 4.20. The maximum absolute atomic E-state index is 13.6. The average Bonchev–Trinajstić information content (AvgIpc) is 3.09. The Bertz CT molecular complexity index is 684. The van der Waals surface area contributed by atoms with E-state index in [0.717, 1.165) is 0 Å². The first-order valence-electron chi connectivity index (χ1n) is 7.41. The second kappa shape index (κ2) is 5.97. The van der Waals surface area contributed by atoms with Gasteiger partial charge < -0.3 is 9.47 Å². The summed E-state index contributed by atoms with van der Waals surface area (Å²) in [4.78, 5) is 3.87. The second-order valence-corrected chi connectivity index (χ2v) is 8.24. The molecule has 1 aromatic heterocycles. The molecule has 23 heavy (non-hydrogen) atoms. The van der Waals surface area contributed by atoms with Gasteiger partial charge in [0.05, 0.1) is 12.2 Å². The molecule has 0 radical (unpaired) electrons. The number of pyridine rings is 1. The number of rotatable bonds is 4. The Morgan fingerprint density at radius 3 is 3.00 bits per heavy atom. The number of hydrogen-bond acceptors (Lipinski definition) is 5. The van der Waals surface area contributed by atoms with E-state index in [4.69, 9.17) is 9.47 Å². The lowest BCUT2D eigenvalue weighted by Crippen LogP contribution is -2.41. The zero-order valence-electron chi connectivity index (χ0n) is 13.1. The van der Waals surface area contributed by atoms with E-state index < -0.39 is 21.6 Å². The van der Waals surface area contributed by atoms with Crippen LogP contribution < -0.4 is 4.74 Å². The lowest BCUT2D eigenvalue weighted by Gasteiger charge is -2.24. The van der Waals surface area contributed by atoms with Crippen LogP contribution in [0.25, 0.3) is 0 Å². The topological polar surface area (TPSA) is 72.0 Å². The maximum atomic E-state index is 13.6. The molecule has 1 aromatic rings.